The molecule has 1 fully saturated rings. The molecule has 1 aliphatic rings. The molecule has 0 aliphatic carbocycles. The summed E-state index contributed by atoms with van der Waals surface area (Å²) in [6, 6.07) is 8.45. The maximum atomic E-state index is 12.8. The summed E-state index contributed by atoms with van der Waals surface area (Å²) >= 11 is 0. The van der Waals surface area contributed by atoms with E-state index < -0.39 is 27.9 Å². The maximum Gasteiger partial charge on any atom is 0.287 e. The minimum atomic E-state index is -3.58. The zero-order valence-corrected chi connectivity index (χ0v) is 17.2. The Morgan fingerprint density at radius 2 is 1.83 bits per heavy atom. The van der Waals surface area contributed by atoms with Crippen molar-refractivity contribution in [2.75, 3.05) is 18.4 Å². The van der Waals surface area contributed by atoms with Crippen LogP contribution in [0.1, 0.15) is 37.2 Å². The molecule has 1 aromatic carbocycles. The van der Waals surface area contributed by atoms with Crippen molar-refractivity contribution in [3.8, 4) is 0 Å². The highest BCUT2D eigenvalue weighted by Crippen LogP contribution is 2.23. The summed E-state index contributed by atoms with van der Waals surface area (Å²) in [6.45, 7) is 4.63. The SMILES string of the molecule is CC(C)[C@H](NC(=O)c1ccco1)C(=O)Nc1cccc(S(=O)(=O)N2CCCC2)c1. The monoisotopic (exact) mass is 419 g/mol. The standard InChI is InChI=1S/C20H25N3O5S/c1-14(2)18(22-19(24)17-9-6-12-28-17)20(25)21-15-7-5-8-16(13-15)29(26,27)23-10-3-4-11-23/h5-9,12-14,18H,3-4,10-11H2,1-2H3,(H,21,25)(H,22,24)/t18-/m0/s1. The predicted octanol–water partition coefficient (Wildman–Crippen LogP) is 2.46. The third kappa shape index (κ3) is 4.86. The molecule has 2 amide bonds. The minimum absolute atomic E-state index is 0.113. The first-order valence-electron chi connectivity index (χ1n) is 9.54. The number of nitrogens with zero attached hydrogens (tertiary/aromatic N) is 1. The number of benzene rings is 1. The molecule has 1 aromatic heterocycles. The maximum absolute atomic E-state index is 12.8. The molecule has 2 aromatic rings. The van der Waals surface area contributed by atoms with Gasteiger partial charge in [-0.05, 0) is 49.1 Å². The molecule has 1 atom stereocenters. The molecule has 156 valence electrons. The molecule has 2 heterocycles. The fourth-order valence-electron chi connectivity index (χ4n) is 3.19. The average Bonchev–Trinajstić information content (AvgIpc) is 3.39. The number of furan rings is 1. The van der Waals surface area contributed by atoms with Crippen LogP contribution in [-0.4, -0.2) is 43.7 Å². The molecule has 0 bridgehead atoms. The van der Waals surface area contributed by atoms with Crippen LogP contribution in [0.4, 0.5) is 5.69 Å². The molecular formula is C20H25N3O5S. The van der Waals surface area contributed by atoms with Crippen LogP contribution >= 0.6 is 0 Å². The van der Waals surface area contributed by atoms with Gasteiger partial charge in [0.1, 0.15) is 6.04 Å². The lowest BCUT2D eigenvalue weighted by Crippen LogP contribution is -2.47. The number of sulfonamides is 1. The van der Waals surface area contributed by atoms with Gasteiger partial charge in [0.15, 0.2) is 5.76 Å². The van der Waals surface area contributed by atoms with Gasteiger partial charge < -0.3 is 15.1 Å². The van der Waals surface area contributed by atoms with E-state index in [-0.39, 0.29) is 16.6 Å². The van der Waals surface area contributed by atoms with E-state index in [1.165, 1.54) is 28.8 Å². The van der Waals surface area contributed by atoms with E-state index in [4.69, 9.17) is 4.42 Å². The largest absolute Gasteiger partial charge is 0.459 e. The van der Waals surface area contributed by atoms with Crippen molar-refractivity contribution >= 4 is 27.5 Å². The fourth-order valence-corrected chi connectivity index (χ4v) is 4.75. The van der Waals surface area contributed by atoms with E-state index in [9.17, 15) is 18.0 Å². The summed E-state index contributed by atoms with van der Waals surface area (Å²) < 4.78 is 32.0. The number of amides is 2. The topological polar surface area (TPSA) is 109 Å². The Hall–Kier alpha value is -2.65. The van der Waals surface area contributed by atoms with Crippen LogP contribution in [0.25, 0.3) is 0 Å². The van der Waals surface area contributed by atoms with Crippen molar-refractivity contribution in [2.24, 2.45) is 5.92 Å². The fraction of sp³-hybridized carbons (Fsp3) is 0.400. The van der Waals surface area contributed by atoms with Crippen molar-refractivity contribution in [1.82, 2.24) is 9.62 Å². The minimum Gasteiger partial charge on any atom is -0.459 e. The number of nitrogens with one attached hydrogen (secondary N) is 2. The number of anilines is 1. The molecule has 1 aliphatic heterocycles. The molecular weight excluding hydrogens is 394 g/mol. The lowest BCUT2D eigenvalue weighted by atomic mass is 10.0. The van der Waals surface area contributed by atoms with Crippen LogP contribution in [0.2, 0.25) is 0 Å². The quantitative estimate of drug-likeness (QED) is 0.717. The van der Waals surface area contributed by atoms with Gasteiger partial charge in [0.25, 0.3) is 5.91 Å². The first-order chi connectivity index (χ1) is 13.8. The Morgan fingerprint density at radius 1 is 1.10 bits per heavy atom. The molecule has 0 spiro atoms. The Labute approximate surface area is 170 Å². The van der Waals surface area contributed by atoms with Gasteiger partial charge in [-0.25, -0.2) is 8.42 Å². The van der Waals surface area contributed by atoms with Gasteiger partial charge in [0.2, 0.25) is 15.9 Å². The number of rotatable bonds is 7. The zero-order valence-electron chi connectivity index (χ0n) is 16.4. The number of carbonyl (C=O) groups is 2. The highest BCUT2D eigenvalue weighted by Gasteiger charge is 2.28. The predicted molar refractivity (Wildman–Crippen MR) is 108 cm³/mol. The zero-order chi connectivity index (χ0) is 21.0. The summed E-state index contributed by atoms with van der Waals surface area (Å²) in [6.07, 6.45) is 3.08. The summed E-state index contributed by atoms with van der Waals surface area (Å²) in [5, 5.41) is 5.37. The van der Waals surface area contributed by atoms with E-state index in [0.717, 1.165) is 12.8 Å². The van der Waals surface area contributed by atoms with E-state index in [0.29, 0.717) is 18.8 Å². The normalized spacial score (nSPS) is 16.0. The van der Waals surface area contributed by atoms with Gasteiger partial charge in [0, 0.05) is 18.8 Å². The lowest BCUT2D eigenvalue weighted by Gasteiger charge is -2.21. The summed E-state index contributed by atoms with van der Waals surface area (Å²) in [4.78, 5) is 25.1. The third-order valence-corrected chi connectivity index (χ3v) is 6.68. The van der Waals surface area contributed by atoms with Gasteiger partial charge in [0.05, 0.1) is 11.2 Å². The second-order valence-electron chi connectivity index (χ2n) is 7.30. The van der Waals surface area contributed by atoms with Crippen molar-refractivity contribution in [3.63, 3.8) is 0 Å². The summed E-state index contributed by atoms with van der Waals surface area (Å²) in [7, 11) is -3.58. The smallest absolute Gasteiger partial charge is 0.287 e. The van der Waals surface area contributed by atoms with Gasteiger partial charge in [-0.3, -0.25) is 9.59 Å². The first-order valence-corrected chi connectivity index (χ1v) is 11.0. The van der Waals surface area contributed by atoms with E-state index in [1.54, 1.807) is 32.0 Å². The highest BCUT2D eigenvalue weighted by atomic mass is 32.2. The molecule has 0 radical (unpaired) electrons. The second kappa shape index (κ2) is 8.79. The van der Waals surface area contributed by atoms with Crippen LogP contribution in [0.15, 0.2) is 52.0 Å². The Kier molecular flexibility index (Phi) is 6.39. The van der Waals surface area contributed by atoms with Gasteiger partial charge in [-0.1, -0.05) is 19.9 Å². The Bertz CT molecular complexity index is 964. The molecule has 1 saturated heterocycles. The second-order valence-corrected chi connectivity index (χ2v) is 9.24. The molecule has 2 N–H and O–H groups in total. The van der Waals surface area contributed by atoms with Crippen LogP contribution in [0, 0.1) is 5.92 Å². The lowest BCUT2D eigenvalue weighted by molar-refractivity contribution is -0.118. The van der Waals surface area contributed by atoms with Gasteiger partial charge in [-0.15, -0.1) is 0 Å². The first kappa shape index (κ1) is 21.1. The molecule has 8 nitrogen and oxygen atoms in total. The Morgan fingerprint density at radius 3 is 2.45 bits per heavy atom. The van der Waals surface area contributed by atoms with Gasteiger partial charge in [-0.2, -0.15) is 4.31 Å². The van der Waals surface area contributed by atoms with E-state index in [1.807, 2.05) is 0 Å². The third-order valence-electron chi connectivity index (χ3n) is 4.79. The Balaban J connectivity index is 1.74. The van der Waals surface area contributed by atoms with Crippen molar-refractivity contribution in [1.29, 1.82) is 0 Å². The molecule has 3 rings (SSSR count). The van der Waals surface area contributed by atoms with Gasteiger partial charge >= 0.3 is 0 Å². The summed E-state index contributed by atoms with van der Waals surface area (Å²) in [5.74, 6) is -1.00. The highest BCUT2D eigenvalue weighted by molar-refractivity contribution is 7.89. The molecule has 0 saturated carbocycles. The van der Waals surface area contributed by atoms with Crippen molar-refractivity contribution in [2.45, 2.75) is 37.6 Å². The number of carbonyl (C=O) groups excluding carboxylic acids is 2. The van der Waals surface area contributed by atoms with Crippen LogP contribution in [-0.2, 0) is 14.8 Å². The van der Waals surface area contributed by atoms with E-state index in [2.05, 4.69) is 10.6 Å². The van der Waals surface area contributed by atoms with Crippen LogP contribution in [0.5, 0.6) is 0 Å². The molecule has 0 unspecified atom stereocenters. The molecule has 29 heavy (non-hydrogen) atoms. The number of hydrogen-bond acceptors (Lipinski definition) is 5. The summed E-state index contributed by atoms with van der Waals surface area (Å²) in [5.41, 5.74) is 0.355. The van der Waals surface area contributed by atoms with E-state index >= 15 is 0 Å². The van der Waals surface area contributed by atoms with Crippen LogP contribution < -0.4 is 10.6 Å². The average molecular weight is 420 g/mol. The number of hydrogen-bond donors (Lipinski definition) is 2. The van der Waals surface area contributed by atoms with Crippen LogP contribution in [0.3, 0.4) is 0 Å². The van der Waals surface area contributed by atoms with Crippen molar-refractivity contribution < 1.29 is 22.4 Å². The molecule has 9 heteroatoms. The van der Waals surface area contributed by atoms with Crippen molar-refractivity contribution in [3.05, 3.63) is 48.4 Å².